The minimum absolute atomic E-state index is 0.0192. The second-order valence-electron chi connectivity index (χ2n) is 5.98. The molecule has 1 heterocycles. The maximum Gasteiger partial charge on any atom is 0.254 e. The summed E-state index contributed by atoms with van der Waals surface area (Å²) in [4.78, 5) is 25.8. The third-order valence-electron chi connectivity index (χ3n) is 3.77. The Balaban J connectivity index is 1.93. The van der Waals surface area contributed by atoms with E-state index in [1.165, 1.54) is 0 Å². The van der Waals surface area contributed by atoms with Gasteiger partial charge >= 0.3 is 0 Å². The van der Waals surface area contributed by atoms with Crippen LogP contribution in [0.25, 0.3) is 0 Å². The quantitative estimate of drug-likeness (QED) is 0.844. The van der Waals surface area contributed by atoms with Crippen LogP contribution >= 0.6 is 0 Å². The summed E-state index contributed by atoms with van der Waals surface area (Å²) in [6.07, 6.45) is 0.434. The number of morpholine rings is 1. The smallest absolute Gasteiger partial charge is 0.254 e. The van der Waals surface area contributed by atoms with E-state index in [2.05, 4.69) is 5.32 Å². The number of hydrogen-bond acceptors (Lipinski definition) is 4. The Labute approximate surface area is 137 Å². The zero-order chi connectivity index (χ0) is 16.8. The molecule has 2 unspecified atom stereocenters. The molecule has 3 N–H and O–H groups in total. The molecule has 1 saturated heterocycles. The highest BCUT2D eigenvalue weighted by Crippen LogP contribution is 2.15. The van der Waals surface area contributed by atoms with Crippen molar-refractivity contribution in [2.24, 2.45) is 5.73 Å². The summed E-state index contributed by atoms with van der Waals surface area (Å²) < 4.78 is 5.65. The Hall–Kier alpha value is -1.92. The molecule has 1 aromatic rings. The number of carbonyl (C=O) groups excluding carboxylic acids is 2. The first-order valence-corrected chi connectivity index (χ1v) is 8.00. The van der Waals surface area contributed by atoms with E-state index < -0.39 is 0 Å². The van der Waals surface area contributed by atoms with Gasteiger partial charge in [-0.25, -0.2) is 0 Å². The standard InChI is InChI=1S/C17H25N3O3/c1-12-10-20(11-13(2)23-12)17(22)15-5-3-14(4-6-15)9-19-16(21)7-8-18/h3-6,12-13H,7-11,18H2,1-2H3,(H,19,21). The van der Waals surface area contributed by atoms with Crippen molar-refractivity contribution >= 4 is 11.8 Å². The number of hydrogen-bond donors (Lipinski definition) is 2. The number of carbonyl (C=O) groups is 2. The predicted molar refractivity (Wildman–Crippen MR) is 87.9 cm³/mol. The molecule has 1 aliphatic rings. The Morgan fingerprint density at radius 3 is 2.39 bits per heavy atom. The maximum atomic E-state index is 12.5. The first kappa shape index (κ1) is 17.4. The largest absolute Gasteiger partial charge is 0.372 e. The number of rotatable bonds is 5. The third kappa shape index (κ3) is 5.04. The van der Waals surface area contributed by atoms with Gasteiger partial charge in [0, 0.05) is 38.2 Å². The summed E-state index contributed by atoms with van der Waals surface area (Å²) in [5.74, 6) is -0.0466. The molecule has 6 heteroatoms. The van der Waals surface area contributed by atoms with Gasteiger partial charge in [0.25, 0.3) is 5.91 Å². The lowest BCUT2D eigenvalue weighted by Gasteiger charge is -2.35. The van der Waals surface area contributed by atoms with E-state index in [9.17, 15) is 9.59 Å². The minimum atomic E-state index is -0.0658. The van der Waals surface area contributed by atoms with Crippen LogP contribution in [-0.2, 0) is 16.1 Å². The third-order valence-corrected chi connectivity index (χ3v) is 3.77. The van der Waals surface area contributed by atoms with Crippen LogP contribution in [0.5, 0.6) is 0 Å². The number of nitrogens with one attached hydrogen (secondary N) is 1. The van der Waals surface area contributed by atoms with E-state index in [1.807, 2.05) is 30.9 Å². The molecule has 1 aliphatic heterocycles. The molecular formula is C17H25N3O3. The Bertz CT molecular complexity index is 535. The predicted octanol–water partition coefficient (Wildman–Crippen LogP) is 0.901. The van der Waals surface area contributed by atoms with E-state index in [0.717, 1.165) is 5.56 Å². The molecule has 0 aromatic heterocycles. The Kier molecular flexibility index (Phi) is 6.12. The molecule has 23 heavy (non-hydrogen) atoms. The molecule has 2 atom stereocenters. The average Bonchev–Trinajstić information content (AvgIpc) is 2.52. The Morgan fingerprint density at radius 1 is 1.22 bits per heavy atom. The van der Waals surface area contributed by atoms with Crippen LogP contribution in [0.1, 0.15) is 36.2 Å². The van der Waals surface area contributed by atoms with Crippen molar-refractivity contribution in [2.75, 3.05) is 19.6 Å². The number of benzene rings is 1. The first-order chi connectivity index (χ1) is 11.0. The molecule has 6 nitrogen and oxygen atoms in total. The summed E-state index contributed by atoms with van der Waals surface area (Å²) in [6.45, 7) is 5.96. The second-order valence-corrected chi connectivity index (χ2v) is 5.98. The van der Waals surface area contributed by atoms with E-state index in [1.54, 1.807) is 12.1 Å². The van der Waals surface area contributed by atoms with Crippen molar-refractivity contribution in [2.45, 2.75) is 39.0 Å². The van der Waals surface area contributed by atoms with Crippen molar-refractivity contribution in [3.05, 3.63) is 35.4 Å². The van der Waals surface area contributed by atoms with Crippen molar-refractivity contribution in [3.8, 4) is 0 Å². The van der Waals surface area contributed by atoms with Crippen LogP contribution in [0.3, 0.4) is 0 Å². The van der Waals surface area contributed by atoms with Crippen molar-refractivity contribution < 1.29 is 14.3 Å². The number of nitrogens with zero attached hydrogens (tertiary/aromatic N) is 1. The van der Waals surface area contributed by atoms with Crippen LogP contribution in [0.2, 0.25) is 0 Å². The molecule has 126 valence electrons. The van der Waals surface area contributed by atoms with E-state index in [-0.39, 0.29) is 24.0 Å². The number of amides is 2. The summed E-state index contributed by atoms with van der Waals surface area (Å²) in [5, 5.41) is 2.79. The highest BCUT2D eigenvalue weighted by molar-refractivity contribution is 5.94. The molecule has 0 radical (unpaired) electrons. The lowest BCUT2D eigenvalue weighted by atomic mass is 10.1. The molecule has 2 amide bonds. The lowest BCUT2D eigenvalue weighted by Crippen LogP contribution is -2.48. The molecule has 1 fully saturated rings. The average molecular weight is 319 g/mol. The van der Waals surface area contributed by atoms with E-state index in [4.69, 9.17) is 10.5 Å². The van der Waals surface area contributed by atoms with Crippen molar-refractivity contribution in [3.63, 3.8) is 0 Å². The number of nitrogens with two attached hydrogens (primary N) is 1. The van der Waals surface area contributed by atoms with Gasteiger partial charge in [0.15, 0.2) is 0 Å². The van der Waals surface area contributed by atoms with Crippen molar-refractivity contribution in [1.29, 1.82) is 0 Å². The van der Waals surface area contributed by atoms with E-state index in [0.29, 0.717) is 38.2 Å². The number of ether oxygens (including phenoxy) is 1. The lowest BCUT2D eigenvalue weighted by molar-refractivity contribution is -0.121. The topological polar surface area (TPSA) is 84.7 Å². The normalized spacial score (nSPS) is 21.1. The van der Waals surface area contributed by atoms with Crippen LogP contribution in [0.15, 0.2) is 24.3 Å². The summed E-state index contributed by atoms with van der Waals surface area (Å²) in [7, 11) is 0. The summed E-state index contributed by atoms with van der Waals surface area (Å²) in [6, 6.07) is 7.33. The van der Waals surface area contributed by atoms with Gasteiger partial charge in [-0.05, 0) is 31.5 Å². The highest BCUT2D eigenvalue weighted by atomic mass is 16.5. The van der Waals surface area contributed by atoms with Crippen LogP contribution in [-0.4, -0.2) is 48.6 Å². The fourth-order valence-corrected chi connectivity index (χ4v) is 2.71. The summed E-state index contributed by atoms with van der Waals surface area (Å²) >= 11 is 0. The zero-order valence-electron chi connectivity index (χ0n) is 13.7. The van der Waals surface area contributed by atoms with Gasteiger partial charge in [0.05, 0.1) is 12.2 Å². The first-order valence-electron chi connectivity index (χ1n) is 8.00. The SMILES string of the molecule is CC1CN(C(=O)c2ccc(CNC(=O)CCN)cc2)CC(C)O1. The molecule has 2 rings (SSSR count). The van der Waals surface area contributed by atoms with Gasteiger partial charge in [0.2, 0.25) is 5.91 Å². The van der Waals surface area contributed by atoms with Crippen molar-refractivity contribution in [1.82, 2.24) is 10.2 Å². The fraction of sp³-hybridized carbons (Fsp3) is 0.529. The van der Waals surface area contributed by atoms with Crippen LogP contribution < -0.4 is 11.1 Å². The maximum absolute atomic E-state index is 12.5. The summed E-state index contributed by atoms with van der Waals surface area (Å²) in [5.41, 5.74) is 6.94. The highest BCUT2D eigenvalue weighted by Gasteiger charge is 2.26. The molecule has 0 spiro atoms. The monoisotopic (exact) mass is 319 g/mol. The van der Waals surface area contributed by atoms with Crippen LogP contribution in [0, 0.1) is 0 Å². The fourth-order valence-electron chi connectivity index (χ4n) is 2.71. The molecule has 0 aliphatic carbocycles. The van der Waals surface area contributed by atoms with E-state index >= 15 is 0 Å². The second kappa shape index (κ2) is 8.08. The molecule has 0 saturated carbocycles. The van der Waals surface area contributed by atoms with Gasteiger partial charge in [-0.15, -0.1) is 0 Å². The van der Waals surface area contributed by atoms with Gasteiger partial charge < -0.3 is 20.7 Å². The molecular weight excluding hydrogens is 294 g/mol. The van der Waals surface area contributed by atoms with Gasteiger partial charge in [-0.2, -0.15) is 0 Å². The minimum Gasteiger partial charge on any atom is -0.372 e. The molecule has 0 bridgehead atoms. The molecule has 1 aromatic carbocycles. The van der Waals surface area contributed by atoms with Crippen LogP contribution in [0.4, 0.5) is 0 Å². The Morgan fingerprint density at radius 2 is 1.83 bits per heavy atom. The van der Waals surface area contributed by atoms with Gasteiger partial charge in [-0.1, -0.05) is 12.1 Å². The van der Waals surface area contributed by atoms with Gasteiger partial charge in [0.1, 0.15) is 0 Å². The van der Waals surface area contributed by atoms with Gasteiger partial charge in [-0.3, -0.25) is 9.59 Å². The zero-order valence-corrected chi connectivity index (χ0v) is 13.7.